The summed E-state index contributed by atoms with van der Waals surface area (Å²) >= 11 is 3.39. The predicted octanol–water partition coefficient (Wildman–Crippen LogP) is 0.919. The summed E-state index contributed by atoms with van der Waals surface area (Å²) in [6.45, 7) is 5.00. The van der Waals surface area contributed by atoms with Crippen LogP contribution in [-0.4, -0.2) is 49.4 Å². The first-order chi connectivity index (χ1) is 9.58. The van der Waals surface area contributed by atoms with Crippen LogP contribution in [0.15, 0.2) is 22.7 Å². The van der Waals surface area contributed by atoms with Crippen LogP contribution < -0.4 is 10.6 Å². The summed E-state index contributed by atoms with van der Waals surface area (Å²) < 4.78 is 0.964. The Balaban J connectivity index is 1.88. The molecule has 0 radical (unpaired) electrons. The van der Waals surface area contributed by atoms with Crippen molar-refractivity contribution in [3.63, 3.8) is 0 Å². The largest absolute Gasteiger partial charge is 0.343 e. The van der Waals surface area contributed by atoms with E-state index in [0.717, 1.165) is 23.1 Å². The van der Waals surface area contributed by atoms with Gasteiger partial charge in [0.05, 0.1) is 6.54 Å². The number of piperazine rings is 1. The SMILES string of the molecule is Cc1cc(C(=O)NCC(=O)N2CCNCC2)ccc1Br. The molecule has 2 rings (SSSR count). The summed E-state index contributed by atoms with van der Waals surface area (Å²) in [6.07, 6.45) is 0. The van der Waals surface area contributed by atoms with Gasteiger partial charge in [-0.05, 0) is 30.7 Å². The monoisotopic (exact) mass is 339 g/mol. The van der Waals surface area contributed by atoms with E-state index in [1.54, 1.807) is 17.0 Å². The van der Waals surface area contributed by atoms with Crippen molar-refractivity contribution in [2.45, 2.75) is 6.92 Å². The molecule has 5 nitrogen and oxygen atoms in total. The fraction of sp³-hybridized carbons (Fsp3) is 0.429. The summed E-state index contributed by atoms with van der Waals surface area (Å²) in [6, 6.07) is 5.37. The Bertz CT molecular complexity index is 513. The average Bonchev–Trinajstić information content (AvgIpc) is 2.48. The minimum absolute atomic E-state index is 0.0336. The molecular weight excluding hydrogens is 322 g/mol. The van der Waals surface area contributed by atoms with Crippen molar-refractivity contribution in [3.05, 3.63) is 33.8 Å². The van der Waals surface area contributed by atoms with Crippen molar-refractivity contribution in [1.82, 2.24) is 15.5 Å². The summed E-state index contributed by atoms with van der Waals surface area (Å²) in [5.74, 6) is -0.252. The Morgan fingerprint density at radius 1 is 1.35 bits per heavy atom. The molecule has 1 aliphatic rings. The zero-order valence-corrected chi connectivity index (χ0v) is 13.0. The highest BCUT2D eigenvalue weighted by Crippen LogP contribution is 2.16. The van der Waals surface area contributed by atoms with Gasteiger partial charge in [0.2, 0.25) is 5.91 Å². The fourth-order valence-electron chi connectivity index (χ4n) is 2.07. The lowest BCUT2D eigenvalue weighted by atomic mass is 10.1. The van der Waals surface area contributed by atoms with E-state index in [4.69, 9.17) is 0 Å². The van der Waals surface area contributed by atoms with Gasteiger partial charge in [-0.15, -0.1) is 0 Å². The van der Waals surface area contributed by atoms with Gasteiger partial charge in [-0.3, -0.25) is 9.59 Å². The third-order valence-corrected chi connectivity index (χ3v) is 4.18. The number of nitrogens with one attached hydrogen (secondary N) is 2. The fourth-order valence-corrected chi connectivity index (χ4v) is 2.32. The minimum Gasteiger partial charge on any atom is -0.343 e. The first-order valence-electron chi connectivity index (χ1n) is 6.61. The van der Waals surface area contributed by atoms with Crippen LogP contribution in [0.5, 0.6) is 0 Å². The van der Waals surface area contributed by atoms with Gasteiger partial charge in [0.15, 0.2) is 0 Å². The molecule has 1 aromatic carbocycles. The van der Waals surface area contributed by atoms with Crippen molar-refractivity contribution < 1.29 is 9.59 Å². The minimum atomic E-state index is -0.218. The van der Waals surface area contributed by atoms with Gasteiger partial charge >= 0.3 is 0 Å². The molecule has 0 saturated carbocycles. The number of hydrogen-bond acceptors (Lipinski definition) is 3. The van der Waals surface area contributed by atoms with Crippen molar-refractivity contribution >= 4 is 27.7 Å². The van der Waals surface area contributed by atoms with Crippen LogP contribution in [0.2, 0.25) is 0 Å². The summed E-state index contributed by atoms with van der Waals surface area (Å²) in [5.41, 5.74) is 1.56. The highest BCUT2D eigenvalue weighted by atomic mass is 79.9. The van der Waals surface area contributed by atoms with Crippen LogP contribution in [0.1, 0.15) is 15.9 Å². The second-order valence-corrected chi connectivity index (χ2v) is 5.63. The van der Waals surface area contributed by atoms with E-state index in [1.807, 2.05) is 13.0 Å². The molecule has 1 fully saturated rings. The third-order valence-electron chi connectivity index (χ3n) is 3.29. The molecule has 0 aliphatic carbocycles. The molecule has 1 aromatic rings. The maximum Gasteiger partial charge on any atom is 0.251 e. The zero-order chi connectivity index (χ0) is 14.5. The number of benzene rings is 1. The van der Waals surface area contributed by atoms with Gasteiger partial charge < -0.3 is 15.5 Å². The van der Waals surface area contributed by atoms with Crippen LogP contribution in [0.25, 0.3) is 0 Å². The Morgan fingerprint density at radius 3 is 2.70 bits per heavy atom. The van der Waals surface area contributed by atoms with Gasteiger partial charge in [0, 0.05) is 36.2 Å². The maximum absolute atomic E-state index is 12.0. The van der Waals surface area contributed by atoms with Gasteiger partial charge in [-0.25, -0.2) is 0 Å². The zero-order valence-electron chi connectivity index (χ0n) is 11.4. The van der Waals surface area contributed by atoms with E-state index in [9.17, 15) is 9.59 Å². The standard InChI is InChI=1S/C14H18BrN3O2/c1-10-8-11(2-3-12(10)15)14(20)17-9-13(19)18-6-4-16-5-7-18/h2-3,8,16H,4-7,9H2,1H3,(H,17,20). The number of halogens is 1. The van der Waals surface area contributed by atoms with Gasteiger partial charge in [-0.1, -0.05) is 15.9 Å². The van der Waals surface area contributed by atoms with E-state index in [0.29, 0.717) is 18.7 Å². The molecule has 1 saturated heterocycles. The third kappa shape index (κ3) is 3.80. The number of nitrogens with zero attached hydrogens (tertiary/aromatic N) is 1. The normalized spacial score (nSPS) is 15.0. The lowest BCUT2D eigenvalue weighted by Gasteiger charge is -2.27. The highest BCUT2D eigenvalue weighted by molar-refractivity contribution is 9.10. The number of carbonyl (C=O) groups excluding carboxylic acids is 2. The van der Waals surface area contributed by atoms with Crippen molar-refractivity contribution in [2.75, 3.05) is 32.7 Å². The van der Waals surface area contributed by atoms with Crippen LogP contribution in [0, 0.1) is 6.92 Å². The lowest BCUT2D eigenvalue weighted by molar-refractivity contribution is -0.130. The number of amides is 2. The first kappa shape index (κ1) is 15.0. The molecule has 0 atom stereocenters. The molecule has 6 heteroatoms. The summed E-state index contributed by atoms with van der Waals surface area (Å²) in [5, 5.41) is 5.86. The second kappa shape index (κ2) is 6.85. The molecule has 0 unspecified atom stereocenters. The van der Waals surface area contributed by atoms with Crippen LogP contribution in [-0.2, 0) is 4.79 Å². The highest BCUT2D eigenvalue weighted by Gasteiger charge is 2.17. The molecule has 20 heavy (non-hydrogen) atoms. The number of rotatable bonds is 3. The molecule has 1 heterocycles. The molecule has 1 aliphatic heterocycles. The van der Waals surface area contributed by atoms with Crippen LogP contribution >= 0.6 is 15.9 Å². The quantitative estimate of drug-likeness (QED) is 0.860. The van der Waals surface area contributed by atoms with Crippen LogP contribution in [0.4, 0.5) is 0 Å². The van der Waals surface area contributed by atoms with E-state index in [-0.39, 0.29) is 18.4 Å². The van der Waals surface area contributed by atoms with Gasteiger partial charge in [-0.2, -0.15) is 0 Å². The lowest BCUT2D eigenvalue weighted by Crippen LogP contribution is -2.49. The van der Waals surface area contributed by atoms with Crippen molar-refractivity contribution in [2.24, 2.45) is 0 Å². The molecule has 108 valence electrons. The smallest absolute Gasteiger partial charge is 0.251 e. The van der Waals surface area contributed by atoms with E-state index < -0.39 is 0 Å². The average molecular weight is 340 g/mol. The Morgan fingerprint density at radius 2 is 2.05 bits per heavy atom. The van der Waals surface area contributed by atoms with Crippen LogP contribution in [0.3, 0.4) is 0 Å². The van der Waals surface area contributed by atoms with E-state index in [1.165, 1.54) is 0 Å². The van der Waals surface area contributed by atoms with Crippen molar-refractivity contribution in [1.29, 1.82) is 0 Å². The summed E-state index contributed by atoms with van der Waals surface area (Å²) in [7, 11) is 0. The van der Waals surface area contributed by atoms with Gasteiger partial charge in [0.25, 0.3) is 5.91 Å². The second-order valence-electron chi connectivity index (χ2n) is 4.78. The van der Waals surface area contributed by atoms with Gasteiger partial charge in [0.1, 0.15) is 0 Å². The maximum atomic E-state index is 12.0. The molecular formula is C14H18BrN3O2. The summed E-state index contributed by atoms with van der Waals surface area (Å²) in [4.78, 5) is 25.7. The Kier molecular flexibility index (Phi) is 5.14. The first-order valence-corrected chi connectivity index (χ1v) is 7.40. The molecule has 2 N–H and O–H groups in total. The topological polar surface area (TPSA) is 61.4 Å². The molecule has 0 bridgehead atoms. The number of aryl methyl sites for hydroxylation is 1. The van der Waals surface area contributed by atoms with E-state index in [2.05, 4.69) is 26.6 Å². The molecule has 0 aromatic heterocycles. The van der Waals surface area contributed by atoms with E-state index >= 15 is 0 Å². The number of carbonyl (C=O) groups is 2. The number of hydrogen-bond donors (Lipinski definition) is 2. The molecule has 0 spiro atoms. The van der Waals surface area contributed by atoms with Crippen molar-refractivity contribution in [3.8, 4) is 0 Å². The molecule has 2 amide bonds. The Labute approximate surface area is 126 Å². The Hall–Kier alpha value is -1.40. The predicted molar refractivity (Wildman–Crippen MR) is 80.7 cm³/mol.